The van der Waals surface area contributed by atoms with Gasteiger partial charge >= 0.3 is 0 Å². The number of rotatable bonds is 3. The molecule has 0 radical (unpaired) electrons. The lowest BCUT2D eigenvalue weighted by molar-refractivity contribution is 0.273. The molecule has 1 aliphatic heterocycles. The zero-order chi connectivity index (χ0) is 16.1. The highest BCUT2D eigenvalue weighted by Crippen LogP contribution is 2.18. The first-order valence-corrected chi connectivity index (χ1v) is 7.91. The minimum Gasteiger partial charge on any atom is -0.356 e. The number of nitrogens with one attached hydrogen (secondary N) is 1. The zero-order valence-electron chi connectivity index (χ0n) is 13.6. The Kier molecular flexibility index (Phi) is 5.75. The molecule has 1 atom stereocenters. The van der Waals surface area contributed by atoms with Crippen LogP contribution in [0.5, 0.6) is 0 Å². The fraction of sp³-hybridized carbons (Fsp3) is 0.588. The van der Waals surface area contributed by atoms with Gasteiger partial charge in [-0.25, -0.2) is 8.78 Å². The van der Waals surface area contributed by atoms with E-state index in [2.05, 4.69) is 22.1 Å². The van der Waals surface area contributed by atoms with Crippen LogP contribution in [-0.4, -0.2) is 37.5 Å². The van der Waals surface area contributed by atoms with Crippen molar-refractivity contribution in [1.29, 1.82) is 0 Å². The molecule has 1 aromatic carbocycles. The van der Waals surface area contributed by atoms with E-state index in [1.54, 1.807) is 13.1 Å². The molecule has 0 spiro atoms. The average molecular weight is 309 g/mol. The molecule has 122 valence electrons. The van der Waals surface area contributed by atoms with Crippen LogP contribution >= 0.6 is 0 Å². The Hall–Kier alpha value is -1.65. The van der Waals surface area contributed by atoms with E-state index in [4.69, 9.17) is 0 Å². The summed E-state index contributed by atoms with van der Waals surface area (Å²) in [4.78, 5) is 6.59. The summed E-state index contributed by atoms with van der Waals surface area (Å²) in [7, 11) is 1.78. The van der Waals surface area contributed by atoms with Gasteiger partial charge in [0.05, 0.1) is 0 Å². The number of nitrogens with zero attached hydrogens (tertiary/aromatic N) is 2. The van der Waals surface area contributed by atoms with Gasteiger partial charge in [-0.3, -0.25) is 4.99 Å². The van der Waals surface area contributed by atoms with Crippen molar-refractivity contribution < 1.29 is 8.78 Å². The van der Waals surface area contributed by atoms with Crippen LogP contribution in [0, 0.1) is 17.6 Å². The van der Waals surface area contributed by atoms with E-state index in [-0.39, 0.29) is 5.92 Å². The van der Waals surface area contributed by atoms with E-state index >= 15 is 0 Å². The fourth-order valence-electron chi connectivity index (χ4n) is 2.73. The number of hydrogen-bond acceptors (Lipinski definition) is 1. The molecule has 0 saturated carbocycles. The molecular formula is C17H25F2N3. The van der Waals surface area contributed by atoms with Gasteiger partial charge in [-0.15, -0.1) is 0 Å². The average Bonchev–Trinajstić information content (AvgIpc) is 2.52. The molecule has 1 fully saturated rings. The summed E-state index contributed by atoms with van der Waals surface area (Å²) >= 11 is 0. The van der Waals surface area contributed by atoms with E-state index in [9.17, 15) is 8.78 Å². The van der Waals surface area contributed by atoms with Crippen LogP contribution in [0.15, 0.2) is 23.2 Å². The molecule has 1 heterocycles. The molecule has 2 rings (SSSR count). The van der Waals surface area contributed by atoms with Crippen molar-refractivity contribution in [3.8, 4) is 0 Å². The van der Waals surface area contributed by atoms with Crippen LogP contribution < -0.4 is 5.32 Å². The van der Waals surface area contributed by atoms with Crippen LogP contribution in [0.3, 0.4) is 0 Å². The highest BCUT2D eigenvalue weighted by molar-refractivity contribution is 5.80. The number of likely N-dealkylation sites (tertiary alicyclic amines) is 1. The van der Waals surface area contributed by atoms with Crippen LogP contribution in [-0.2, 0) is 0 Å². The molecule has 1 saturated heterocycles. The third-order valence-corrected chi connectivity index (χ3v) is 4.37. The van der Waals surface area contributed by atoms with Crippen molar-refractivity contribution in [3.63, 3.8) is 0 Å². The van der Waals surface area contributed by atoms with E-state index in [1.165, 1.54) is 25.0 Å². The van der Waals surface area contributed by atoms with Gasteiger partial charge in [0.1, 0.15) is 0 Å². The first kappa shape index (κ1) is 16.7. The van der Waals surface area contributed by atoms with Crippen molar-refractivity contribution in [2.24, 2.45) is 10.9 Å². The SMILES string of the molecule is CN=C(NCC(C)c1ccc(F)c(F)c1)N1CCC(C)CC1. The van der Waals surface area contributed by atoms with Gasteiger partial charge in [0.2, 0.25) is 0 Å². The largest absolute Gasteiger partial charge is 0.356 e. The molecule has 0 amide bonds. The third-order valence-electron chi connectivity index (χ3n) is 4.37. The topological polar surface area (TPSA) is 27.6 Å². The Bertz CT molecular complexity index is 523. The van der Waals surface area contributed by atoms with Crippen LogP contribution in [0.2, 0.25) is 0 Å². The summed E-state index contributed by atoms with van der Waals surface area (Å²) < 4.78 is 26.3. The Balaban J connectivity index is 1.91. The lowest BCUT2D eigenvalue weighted by Gasteiger charge is -2.33. The number of benzene rings is 1. The predicted octanol–water partition coefficient (Wildman–Crippen LogP) is 3.38. The summed E-state index contributed by atoms with van der Waals surface area (Å²) in [6, 6.07) is 4.09. The lowest BCUT2D eigenvalue weighted by Crippen LogP contribution is -2.46. The van der Waals surface area contributed by atoms with E-state index in [0.717, 1.165) is 30.5 Å². The molecule has 0 aromatic heterocycles. The highest BCUT2D eigenvalue weighted by atomic mass is 19.2. The van der Waals surface area contributed by atoms with Crippen molar-refractivity contribution in [2.75, 3.05) is 26.7 Å². The minimum atomic E-state index is -0.804. The smallest absolute Gasteiger partial charge is 0.193 e. The maximum atomic E-state index is 13.3. The van der Waals surface area contributed by atoms with E-state index < -0.39 is 11.6 Å². The van der Waals surface area contributed by atoms with Crippen LogP contribution in [0.25, 0.3) is 0 Å². The summed E-state index contributed by atoms with van der Waals surface area (Å²) in [6.45, 7) is 6.94. The molecule has 1 unspecified atom stereocenters. The molecule has 1 N–H and O–H groups in total. The van der Waals surface area contributed by atoms with E-state index in [0.29, 0.717) is 6.54 Å². The van der Waals surface area contributed by atoms with Crippen LogP contribution in [0.4, 0.5) is 8.78 Å². The van der Waals surface area contributed by atoms with Crippen molar-refractivity contribution in [3.05, 3.63) is 35.4 Å². The maximum Gasteiger partial charge on any atom is 0.193 e. The first-order valence-electron chi connectivity index (χ1n) is 7.91. The molecule has 3 nitrogen and oxygen atoms in total. The molecule has 5 heteroatoms. The number of guanidine groups is 1. The van der Waals surface area contributed by atoms with Gasteiger partial charge in [0, 0.05) is 26.7 Å². The van der Waals surface area contributed by atoms with Gasteiger partial charge in [0.15, 0.2) is 17.6 Å². The molecule has 22 heavy (non-hydrogen) atoms. The number of piperidine rings is 1. The Labute approximate surface area is 131 Å². The number of hydrogen-bond donors (Lipinski definition) is 1. The highest BCUT2D eigenvalue weighted by Gasteiger charge is 2.19. The quantitative estimate of drug-likeness (QED) is 0.685. The van der Waals surface area contributed by atoms with Gasteiger partial charge < -0.3 is 10.2 Å². The third kappa shape index (κ3) is 4.18. The van der Waals surface area contributed by atoms with Gasteiger partial charge in [-0.2, -0.15) is 0 Å². The molecular weight excluding hydrogens is 284 g/mol. The lowest BCUT2D eigenvalue weighted by atomic mass is 9.99. The summed E-state index contributed by atoms with van der Waals surface area (Å²) in [6.07, 6.45) is 2.36. The minimum absolute atomic E-state index is 0.0792. The summed E-state index contributed by atoms with van der Waals surface area (Å²) in [5.41, 5.74) is 0.786. The normalized spacial score (nSPS) is 18.4. The van der Waals surface area contributed by atoms with Gasteiger partial charge in [-0.1, -0.05) is 19.9 Å². The standard InChI is InChI=1S/C17H25F2N3/c1-12-6-8-22(9-7-12)17(20-3)21-11-13(2)14-4-5-15(18)16(19)10-14/h4-5,10,12-13H,6-9,11H2,1-3H3,(H,20,21). The fourth-order valence-corrected chi connectivity index (χ4v) is 2.73. The van der Waals surface area contributed by atoms with Gasteiger partial charge in [0.25, 0.3) is 0 Å². The Morgan fingerprint density at radius 3 is 2.59 bits per heavy atom. The molecule has 1 aromatic rings. The summed E-state index contributed by atoms with van der Waals surface area (Å²) in [5, 5.41) is 3.35. The second kappa shape index (κ2) is 7.56. The first-order chi connectivity index (χ1) is 10.5. The van der Waals surface area contributed by atoms with E-state index in [1.807, 2.05) is 6.92 Å². The molecule has 1 aliphatic rings. The van der Waals surface area contributed by atoms with Crippen molar-refractivity contribution in [1.82, 2.24) is 10.2 Å². The predicted molar refractivity (Wildman–Crippen MR) is 86.1 cm³/mol. The number of halogens is 2. The Morgan fingerprint density at radius 2 is 2.00 bits per heavy atom. The van der Waals surface area contributed by atoms with Crippen molar-refractivity contribution >= 4 is 5.96 Å². The zero-order valence-corrected chi connectivity index (χ0v) is 13.6. The monoisotopic (exact) mass is 309 g/mol. The molecule has 0 bridgehead atoms. The van der Waals surface area contributed by atoms with Crippen LogP contribution in [0.1, 0.15) is 38.2 Å². The van der Waals surface area contributed by atoms with Crippen molar-refractivity contribution in [2.45, 2.75) is 32.6 Å². The second-order valence-corrected chi connectivity index (χ2v) is 6.17. The Morgan fingerprint density at radius 1 is 1.32 bits per heavy atom. The maximum absolute atomic E-state index is 13.3. The number of aliphatic imine (C=N–C) groups is 1. The second-order valence-electron chi connectivity index (χ2n) is 6.17. The van der Waals surface area contributed by atoms with Gasteiger partial charge in [-0.05, 0) is 42.4 Å². The summed E-state index contributed by atoms with van der Waals surface area (Å²) in [5.74, 6) is 0.147. The molecule has 0 aliphatic carbocycles.